The zero-order chi connectivity index (χ0) is 28.5. The van der Waals surface area contributed by atoms with Gasteiger partial charge >= 0.3 is 0 Å². The van der Waals surface area contributed by atoms with Crippen molar-refractivity contribution in [1.82, 2.24) is 9.80 Å². The Hall–Kier alpha value is -0.995. The van der Waals surface area contributed by atoms with Crippen LogP contribution in [0, 0.1) is 22.7 Å². The predicted molar refractivity (Wildman–Crippen MR) is 171 cm³/mol. The van der Waals surface area contributed by atoms with Gasteiger partial charge in [0.15, 0.2) is 6.71 Å². The molecule has 0 aromatic carbocycles. The Bertz CT molecular complexity index is 1160. The zero-order valence-corrected chi connectivity index (χ0v) is 27.2. The molecule has 224 valence electrons. The van der Waals surface area contributed by atoms with E-state index in [4.69, 9.17) is 4.74 Å². The first kappa shape index (κ1) is 27.5. The van der Waals surface area contributed by atoms with Gasteiger partial charge in [-0.25, -0.2) is 0 Å². The average Bonchev–Trinajstić information content (AvgIpc) is 3.40. The fraction of sp³-hybridized carbons (Fsp3) is 0.838. The van der Waals surface area contributed by atoms with Gasteiger partial charge in [-0.2, -0.15) is 0 Å². The Morgan fingerprint density at radius 3 is 2.41 bits per heavy atom. The van der Waals surface area contributed by atoms with Crippen molar-refractivity contribution in [2.75, 3.05) is 0 Å². The third kappa shape index (κ3) is 3.71. The van der Waals surface area contributed by atoms with Gasteiger partial charge in [0.25, 0.3) is 0 Å². The topological polar surface area (TPSA) is 15.7 Å². The predicted octanol–water partition coefficient (Wildman–Crippen LogP) is 8.44. The Kier molecular flexibility index (Phi) is 6.22. The number of fused-ring (bicyclic) bond motifs is 5. The van der Waals surface area contributed by atoms with Crippen LogP contribution in [0.4, 0.5) is 0 Å². The van der Waals surface area contributed by atoms with E-state index < -0.39 is 0 Å². The summed E-state index contributed by atoms with van der Waals surface area (Å²) < 4.78 is 7.16. The molecule has 0 aromatic heterocycles. The number of nitrogens with zero attached hydrogens (tertiary/aromatic N) is 2. The normalized spacial score (nSPS) is 46.1. The van der Waals surface area contributed by atoms with E-state index in [9.17, 15) is 0 Å². The average molecular weight is 557 g/mol. The molecule has 0 amide bonds. The summed E-state index contributed by atoms with van der Waals surface area (Å²) in [5.74, 6) is 2.92. The first-order valence-electron chi connectivity index (χ1n) is 17.8. The highest BCUT2D eigenvalue weighted by molar-refractivity contribution is 6.65. The highest BCUT2D eigenvalue weighted by Crippen LogP contribution is 2.71. The van der Waals surface area contributed by atoms with Crippen molar-refractivity contribution < 1.29 is 4.74 Å². The van der Waals surface area contributed by atoms with E-state index >= 15 is 0 Å². The molecule has 2 saturated carbocycles. The molecule has 0 aromatic rings. The van der Waals surface area contributed by atoms with E-state index in [-0.39, 0.29) is 11.0 Å². The highest BCUT2D eigenvalue weighted by Gasteiger charge is 2.74. The lowest BCUT2D eigenvalue weighted by Gasteiger charge is -2.66. The first-order valence-corrected chi connectivity index (χ1v) is 17.8. The molecule has 0 N–H and O–H groups in total. The lowest BCUT2D eigenvalue weighted by Crippen LogP contribution is -2.74. The summed E-state index contributed by atoms with van der Waals surface area (Å²) in [4.78, 5) is 6.23. The van der Waals surface area contributed by atoms with Crippen LogP contribution in [0.2, 0.25) is 11.6 Å². The molecule has 4 aliphatic heterocycles. The van der Waals surface area contributed by atoms with Crippen molar-refractivity contribution in [2.45, 2.75) is 173 Å². The maximum Gasteiger partial charge on any atom is 0.194 e. The maximum atomic E-state index is 7.16. The van der Waals surface area contributed by atoms with Gasteiger partial charge in [-0.05, 0) is 113 Å². The molecule has 8 rings (SSSR count). The summed E-state index contributed by atoms with van der Waals surface area (Å²) in [7, 11) is 0. The van der Waals surface area contributed by atoms with Crippen LogP contribution in [-0.4, -0.2) is 58.3 Å². The van der Waals surface area contributed by atoms with Gasteiger partial charge < -0.3 is 9.64 Å². The zero-order valence-electron chi connectivity index (χ0n) is 27.2. The van der Waals surface area contributed by atoms with E-state index in [1.54, 1.807) is 5.57 Å². The number of rotatable bonds is 1. The van der Waals surface area contributed by atoms with Crippen molar-refractivity contribution in [3.05, 3.63) is 35.6 Å². The standard InChI is InChI=1S/C37H57BN2O/c1-23-18-29-32-30(19-23)40-33-27(37(36(40,6)7)16-12-9-13-17-37)21-25(35(3,4)5)22-28(33)38(32)34-31(20-24(2)41-34)39(29)26-14-10-8-11-15-26/h10,14-15,22-24,27-34H,8-9,11-13,16-21H2,1-7H3. The van der Waals surface area contributed by atoms with Gasteiger partial charge in [0.05, 0.1) is 18.1 Å². The summed E-state index contributed by atoms with van der Waals surface area (Å²) in [5.41, 5.74) is 4.26. The Morgan fingerprint density at radius 2 is 1.71 bits per heavy atom. The van der Waals surface area contributed by atoms with E-state index in [1.807, 2.05) is 0 Å². The van der Waals surface area contributed by atoms with Gasteiger partial charge in [-0.3, -0.25) is 4.90 Å². The summed E-state index contributed by atoms with van der Waals surface area (Å²) >= 11 is 0. The molecule has 4 heterocycles. The van der Waals surface area contributed by atoms with Gasteiger partial charge in [-0.1, -0.05) is 70.8 Å². The molecule has 4 aliphatic carbocycles. The molecule has 4 saturated heterocycles. The minimum Gasteiger partial charge on any atom is -0.381 e. The van der Waals surface area contributed by atoms with Gasteiger partial charge in [0.1, 0.15) is 0 Å². The number of hydrogen-bond acceptors (Lipinski definition) is 3. The third-order valence-electron chi connectivity index (χ3n) is 14.4. The van der Waals surface area contributed by atoms with Crippen LogP contribution in [0.5, 0.6) is 0 Å². The van der Waals surface area contributed by atoms with Crippen molar-refractivity contribution >= 4 is 6.71 Å². The number of ether oxygens (including phenoxy) is 1. The smallest absolute Gasteiger partial charge is 0.194 e. The molecule has 10 atom stereocenters. The second-order valence-electron chi connectivity index (χ2n) is 17.6. The van der Waals surface area contributed by atoms with Crippen molar-refractivity contribution in [3.8, 4) is 0 Å². The monoisotopic (exact) mass is 556 g/mol. The number of hydrogen-bond donors (Lipinski definition) is 0. The second kappa shape index (κ2) is 9.26. The molecule has 0 bridgehead atoms. The summed E-state index contributed by atoms with van der Waals surface area (Å²) in [6.07, 6.45) is 25.7. The van der Waals surface area contributed by atoms with Crippen LogP contribution in [0.1, 0.15) is 119 Å². The van der Waals surface area contributed by atoms with Crippen LogP contribution >= 0.6 is 0 Å². The molecule has 6 fully saturated rings. The highest BCUT2D eigenvalue weighted by atomic mass is 16.5. The summed E-state index contributed by atoms with van der Waals surface area (Å²) in [6.45, 7) is 18.6. The van der Waals surface area contributed by atoms with Crippen LogP contribution in [-0.2, 0) is 4.74 Å². The lowest BCUT2D eigenvalue weighted by atomic mass is 9.22. The molecule has 41 heavy (non-hydrogen) atoms. The quantitative estimate of drug-likeness (QED) is 0.238. The van der Waals surface area contributed by atoms with Gasteiger partial charge in [0.2, 0.25) is 0 Å². The minimum absolute atomic E-state index is 0.247. The van der Waals surface area contributed by atoms with Crippen LogP contribution in [0.25, 0.3) is 0 Å². The molecular formula is C37H57BN2O. The van der Waals surface area contributed by atoms with Crippen molar-refractivity contribution in [1.29, 1.82) is 0 Å². The van der Waals surface area contributed by atoms with E-state index in [0.717, 1.165) is 11.8 Å². The molecule has 0 radical (unpaired) electrons. The lowest BCUT2D eigenvalue weighted by molar-refractivity contribution is -0.0512. The summed E-state index contributed by atoms with van der Waals surface area (Å²) in [6, 6.07) is 2.94. The van der Waals surface area contributed by atoms with Gasteiger partial charge in [0, 0.05) is 29.4 Å². The molecule has 4 heteroatoms. The van der Waals surface area contributed by atoms with E-state index in [1.165, 1.54) is 76.3 Å². The van der Waals surface area contributed by atoms with E-state index in [0.29, 0.717) is 60.0 Å². The van der Waals surface area contributed by atoms with Crippen molar-refractivity contribution in [2.24, 2.45) is 22.7 Å². The Balaban J connectivity index is 1.33. The van der Waals surface area contributed by atoms with Crippen LogP contribution in [0.3, 0.4) is 0 Å². The number of allylic oxidation sites excluding steroid dienone is 4. The SMILES string of the molecule is CC1CC2C3B(C4C=C(C(C)(C)C)CC5C4N(C3C1)C(C)(C)C51CCCCC1)C1OC(C)CC1N2C1=CCCC=C1. The fourth-order valence-corrected chi connectivity index (χ4v) is 12.9. The van der Waals surface area contributed by atoms with E-state index in [2.05, 4.69) is 82.6 Å². The van der Waals surface area contributed by atoms with Crippen LogP contribution < -0.4 is 0 Å². The van der Waals surface area contributed by atoms with Crippen molar-refractivity contribution in [3.63, 3.8) is 0 Å². The van der Waals surface area contributed by atoms with Crippen LogP contribution in [0.15, 0.2) is 35.6 Å². The first-order chi connectivity index (χ1) is 19.5. The minimum atomic E-state index is 0.247. The summed E-state index contributed by atoms with van der Waals surface area (Å²) in [5, 5.41) is 0. The molecule has 10 unspecified atom stereocenters. The van der Waals surface area contributed by atoms with Gasteiger partial charge in [-0.15, -0.1) is 0 Å². The second-order valence-corrected chi connectivity index (χ2v) is 17.6. The largest absolute Gasteiger partial charge is 0.381 e. The molecule has 3 nitrogen and oxygen atoms in total. The molecular weight excluding hydrogens is 499 g/mol. The molecule has 1 spiro atoms. The fourth-order valence-electron chi connectivity index (χ4n) is 12.9. The maximum absolute atomic E-state index is 7.16. The molecule has 8 aliphatic rings. The third-order valence-corrected chi connectivity index (χ3v) is 14.4. The Morgan fingerprint density at radius 1 is 0.951 bits per heavy atom. The Labute approximate surface area is 251 Å².